The minimum atomic E-state index is -0.991. The van der Waals surface area contributed by atoms with Crippen LogP contribution in [-0.4, -0.2) is 11.1 Å². The van der Waals surface area contributed by atoms with E-state index in [0.717, 1.165) is 5.56 Å². The predicted molar refractivity (Wildman–Crippen MR) is 81.7 cm³/mol. The quantitative estimate of drug-likeness (QED) is 0.915. The maximum atomic E-state index is 11.6. The van der Waals surface area contributed by atoms with E-state index in [0.29, 0.717) is 21.2 Å². The van der Waals surface area contributed by atoms with Crippen LogP contribution in [0.1, 0.15) is 22.6 Å². The van der Waals surface area contributed by atoms with Gasteiger partial charge in [0.1, 0.15) is 0 Å². The highest BCUT2D eigenvalue weighted by atomic mass is 35.5. The topological polar surface area (TPSA) is 61.1 Å². The lowest BCUT2D eigenvalue weighted by atomic mass is 9.91. The van der Waals surface area contributed by atoms with Crippen molar-refractivity contribution >= 4 is 29.2 Å². The molecule has 2 rings (SSSR count). The van der Waals surface area contributed by atoms with Gasteiger partial charge in [0, 0.05) is 15.6 Å². The van der Waals surface area contributed by atoms with Gasteiger partial charge in [-0.25, -0.2) is 0 Å². The molecular formula is C16H11Cl2NO2. The van der Waals surface area contributed by atoms with Crippen molar-refractivity contribution in [2.24, 2.45) is 0 Å². The normalized spacial score (nSPS) is 11.7. The molecule has 21 heavy (non-hydrogen) atoms. The highest BCUT2D eigenvalue weighted by Gasteiger charge is 2.25. The van der Waals surface area contributed by atoms with Crippen molar-refractivity contribution in [2.75, 3.05) is 0 Å². The second kappa shape index (κ2) is 6.62. The molecule has 2 aromatic rings. The molecule has 0 aliphatic carbocycles. The summed E-state index contributed by atoms with van der Waals surface area (Å²) < 4.78 is 0. The fourth-order valence-electron chi connectivity index (χ4n) is 2.11. The number of carboxylic acid groups (broad SMARTS) is 1. The monoisotopic (exact) mass is 319 g/mol. The second-order valence-corrected chi connectivity index (χ2v) is 5.35. The Morgan fingerprint density at radius 1 is 1.14 bits per heavy atom. The van der Waals surface area contributed by atoms with E-state index in [2.05, 4.69) is 0 Å². The van der Waals surface area contributed by atoms with Crippen LogP contribution >= 0.6 is 23.2 Å². The molecule has 1 atom stereocenters. The standard InChI is InChI=1S/C16H11Cl2NO2/c17-13-2-1-3-14(18)15(13)12(16(20)21)8-10-4-6-11(9-19)7-5-10/h1-7,12H,8H2,(H,20,21). The van der Waals surface area contributed by atoms with Gasteiger partial charge in [-0.2, -0.15) is 5.26 Å². The van der Waals surface area contributed by atoms with E-state index >= 15 is 0 Å². The van der Waals surface area contributed by atoms with Crippen molar-refractivity contribution in [1.82, 2.24) is 0 Å². The molecule has 0 saturated heterocycles. The molecule has 0 heterocycles. The van der Waals surface area contributed by atoms with Crippen LogP contribution in [0.15, 0.2) is 42.5 Å². The Kier molecular flexibility index (Phi) is 4.85. The molecule has 0 aromatic heterocycles. The van der Waals surface area contributed by atoms with E-state index in [1.54, 1.807) is 42.5 Å². The molecule has 1 unspecified atom stereocenters. The van der Waals surface area contributed by atoms with Crippen LogP contribution in [0.2, 0.25) is 10.0 Å². The minimum Gasteiger partial charge on any atom is -0.481 e. The van der Waals surface area contributed by atoms with Crippen molar-refractivity contribution < 1.29 is 9.90 Å². The number of rotatable bonds is 4. The molecule has 3 nitrogen and oxygen atoms in total. The van der Waals surface area contributed by atoms with Crippen molar-refractivity contribution in [3.63, 3.8) is 0 Å². The number of nitriles is 1. The summed E-state index contributed by atoms with van der Waals surface area (Å²) in [5.41, 5.74) is 1.75. The number of hydrogen-bond acceptors (Lipinski definition) is 2. The van der Waals surface area contributed by atoms with Gasteiger partial charge in [-0.1, -0.05) is 41.4 Å². The lowest BCUT2D eigenvalue weighted by Gasteiger charge is -2.16. The molecule has 0 aliphatic rings. The summed E-state index contributed by atoms with van der Waals surface area (Å²) in [6, 6.07) is 13.7. The van der Waals surface area contributed by atoms with E-state index in [9.17, 15) is 9.90 Å². The van der Waals surface area contributed by atoms with Crippen LogP contribution in [0, 0.1) is 11.3 Å². The molecule has 0 spiro atoms. The molecule has 0 aliphatic heterocycles. The maximum Gasteiger partial charge on any atom is 0.311 e. The highest BCUT2D eigenvalue weighted by molar-refractivity contribution is 6.36. The fraction of sp³-hybridized carbons (Fsp3) is 0.125. The van der Waals surface area contributed by atoms with Crippen LogP contribution in [0.25, 0.3) is 0 Å². The molecule has 1 N–H and O–H groups in total. The zero-order valence-electron chi connectivity index (χ0n) is 10.9. The summed E-state index contributed by atoms with van der Waals surface area (Å²) in [6.45, 7) is 0. The van der Waals surface area contributed by atoms with Crippen LogP contribution in [-0.2, 0) is 11.2 Å². The molecule has 5 heteroatoms. The number of halogens is 2. The maximum absolute atomic E-state index is 11.6. The molecule has 0 radical (unpaired) electrons. The summed E-state index contributed by atoms with van der Waals surface area (Å²) in [4.78, 5) is 11.6. The Hall–Kier alpha value is -2.02. The third kappa shape index (κ3) is 3.55. The van der Waals surface area contributed by atoms with E-state index < -0.39 is 11.9 Å². The highest BCUT2D eigenvalue weighted by Crippen LogP contribution is 2.33. The summed E-state index contributed by atoms with van der Waals surface area (Å²) in [6.07, 6.45) is 0.254. The molecule has 0 amide bonds. The first-order chi connectivity index (χ1) is 10.0. The van der Waals surface area contributed by atoms with Gasteiger partial charge in [-0.3, -0.25) is 4.79 Å². The molecule has 2 aromatic carbocycles. The van der Waals surface area contributed by atoms with Gasteiger partial charge in [0.2, 0.25) is 0 Å². The van der Waals surface area contributed by atoms with Crippen LogP contribution in [0.4, 0.5) is 0 Å². The van der Waals surface area contributed by atoms with Crippen molar-refractivity contribution in [3.8, 4) is 6.07 Å². The number of carbonyl (C=O) groups is 1. The number of hydrogen-bond donors (Lipinski definition) is 1. The van der Waals surface area contributed by atoms with E-state index in [4.69, 9.17) is 28.5 Å². The Labute approximate surface area is 132 Å². The van der Waals surface area contributed by atoms with Crippen molar-refractivity contribution in [1.29, 1.82) is 5.26 Å². The summed E-state index contributed by atoms with van der Waals surface area (Å²) in [7, 11) is 0. The van der Waals surface area contributed by atoms with E-state index in [1.807, 2.05) is 6.07 Å². The van der Waals surface area contributed by atoms with E-state index in [-0.39, 0.29) is 6.42 Å². The minimum absolute atomic E-state index is 0.254. The second-order valence-electron chi connectivity index (χ2n) is 4.54. The van der Waals surface area contributed by atoms with Gasteiger partial charge in [0.05, 0.1) is 17.6 Å². The fourth-order valence-corrected chi connectivity index (χ4v) is 2.77. The average molecular weight is 320 g/mol. The number of aliphatic carboxylic acids is 1. The first-order valence-corrected chi connectivity index (χ1v) is 6.94. The summed E-state index contributed by atoms with van der Waals surface area (Å²) in [5, 5.41) is 18.9. The lowest BCUT2D eigenvalue weighted by molar-refractivity contribution is -0.138. The van der Waals surface area contributed by atoms with Crippen LogP contribution < -0.4 is 0 Å². The third-order valence-electron chi connectivity index (χ3n) is 3.17. The van der Waals surface area contributed by atoms with Crippen LogP contribution in [0.5, 0.6) is 0 Å². The molecule has 106 valence electrons. The van der Waals surface area contributed by atoms with Gasteiger partial charge < -0.3 is 5.11 Å². The SMILES string of the molecule is N#Cc1ccc(CC(C(=O)O)c2c(Cl)cccc2Cl)cc1. The first-order valence-electron chi connectivity index (χ1n) is 6.18. The number of carboxylic acids is 1. The lowest BCUT2D eigenvalue weighted by Crippen LogP contribution is -2.15. The zero-order chi connectivity index (χ0) is 15.4. The predicted octanol–water partition coefficient (Wildman–Crippen LogP) is 4.28. The largest absolute Gasteiger partial charge is 0.481 e. The van der Waals surface area contributed by atoms with Gasteiger partial charge in [-0.05, 0) is 36.2 Å². The molecule has 0 fully saturated rings. The third-order valence-corrected chi connectivity index (χ3v) is 3.83. The number of benzene rings is 2. The zero-order valence-corrected chi connectivity index (χ0v) is 12.4. The first kappa shape index (κ1) is 15.4. The molecular weight excluding hydrogens is 309 g/mol. The Balaban J connectivity index is 2.36. The van der Waals surface area contributed by atoms with Crippen molar-refractivity contribution in [3.05, 3.63) is 69.2 Å². The summed E-state index contributed by atoms with van der Waals surface area (Å²) in [5.74, 6) is -1.83. The smallest absolute Gasteiger partial charge is 0.311 e. The van der Waals surface area contributed by atoms with Gasteiger partial charge in [-0.15, -0.1) is 0 Å². The Morgan fingerprint density at radius 2 is 1.71 bits per heavy atom. The molecule has 0 bridgehead atoms. The Bertz CT molecular complexity index is 685. The van der Waals surface area contributed by atoms with Gasteiger partial charge >= 0.3 is 5.97 Å². The molecule has 0 saturated carbocycles. The Morgan fingerprint density at radius 3 is 2.19 bits per heavy atom. The number of nitrogens with zero attached hydrogens (tertiary/aromatic N) is 1. The van der Waals surface area contributed by atoms with E-state index in [1.165, 1.54) is 0 Å². The van der Waals surface area contributed by atoms with Gasteiger partial charge in [0.15, 0.2) is 0 Å². The average Bonchev–Trinajstić information content (AvgIpc) is 2.46. The van der Waals surface area contributed by atoms with Crippen molar-refractivity contribution in [2.45, 2.75) is 12.3 Å². The summed E-state index contributed by atoms with van der Waals surface area (Å²) >= 11 is 12.2. The van der Waals surface area contributed by atoms with Gasteiger partial charge in [0.25, 0.3) is 0 Å². The van der Waals surface area contributed by atoms with Crippen LogP contribution in [0.3, 0.4) is 0 Å².